The number of fused-ring (bicyclic) bond motifs is 1. The van der Waals surface area contributed by atoms with Gasteiger partial charge in [0.15, 0.2) is 5.82 Å². The summed E-state index contributed by atoms with van der Waals surface area (Å²) < 4.78 is 1.75. The Labute approximate surface area is 175 Å². The fourth-order valence-corrected chi connectivity index (χ4v) is 3.66. The van der Waals surface area contributed by atoms with E-state index in [2.05, 4.69) is 40.8 Å². The van der Waals surface area contributed by atoms with Crippen LogP contribution in [-0.4, -0.2) is 60.6 Å². The normalized spacial score (nSPS) is 15.4. The van der Waals surface area contributed by atoms with Gasteiger partial charge in [-0.3, -0.25) is 9.67 Å². The van der Waals surface area contributed by atoms with Crippen molar-refractivity contribution in [2.45, 2.75) is 45.2 Å². The lowest BCUT2D eigenvalue weighted by Gasteiger charge is -2.33. The molecular formula is C20H27N9O. The standard InChI is InChI=1S/C20H27N9O/c1-20(2,3)25-19(30)24-13-6-11-29(12-7-13)18-17-16(21-9-10-22-17)15(26-27-18)14-5-8-23-28(14)4/h5,8-10,13H,6-7,11-12H2,1-4H3,(H2,24,25,30). The van der Waals surface area contributed by atoms with Crippen LogP contribution in [0.25, 0.3) is 22.4 Å². The second kappa shape index (κ2) is 7.85. The molecule has 158 valence electrons. The van der Waals surface area contributed by atoms with E-state index in [4.69, 9.17) is 0 Å². The van der Waals surface area contributed by atoms with Gasteiger partial charge in [-0.2, -0.15) is 5.10 Å². The molecule has 3 aromatic rings. The molecule has 4 rings (SSSR count). The van der Waals surface area contributed by atoms with Crippen LogP contribution in [0.3, 0.4) is 0 Å². The number of aromatic nitrogens is 6. The average molecular weight is 409 g/mol. The fraction of sp³-hybridized carbons (Fsp3) is 0.500. The lowest BCUT2D eigenvalue weighted by Crippen LogP contribution is -2.52. The first kappa shape index (κ1) is 20.0. The summed E-state index contributed by atoms with van der Waals surface area (Å²) in [5.41, 5.74) is 2.68. The molecule has 0 radical (unpaired) electrons. The van der Waals surface area contributed by atoms with Gasteiger partial charge < -0.3 is 15.5 Å². The maximum Gasteiger partial charge on any atom is 0.315 e. The average Bonchev–Trinajstić information content (AvgIpc) is 3.12. The van der Waals surface area contributed by atoms with E-state index in [1.54, 1.807) is 23.3 Å². The van der Waals surface area contributed by atoms with Crippen molar-refractivity contribution >= 4 is 22.9 Å². The van der Waals surface area contributed by atoms with Gasteiger partial charge in [-0.1, -0.05) is 0 Å². The van der Waals surface area contributed by atoms with Gasteiger partial charge in [-0.05, 0) is 39.7 Å². The largest absolute Gasteiger partial charge is 0.353 e. The molecule has 10 nitrogen and oxygen atoms in total. The fourth-order valence-electron chi connectivity index (χ4n) is 3.66. The van der Waals surface area contributed by atoms with E-state index in [0.29, 0.717) is 11.2 Å². The van der Waals surface area contributed by atoms with Crippen molar-refractivity contribution in [2.75, 3.05) is 18.0 Å². The van der Waals surface area contributed by atoms with Crippen LogP contribution in [0.5, 0.6) is 0 Å². The Morgan fingerprint density at radius 2 is 1.77 bits per heavy atom. The van der Waals surface area contributed by atoms with E-state index in [1.807, 2.05) is 33.9 Å². The van der Waals surface area contributed by atoms with Crippen LogP contribution in [-0.2, 0) is 7.05 Å². The van der Waals surface area contributed by atoms with Gasteiger partial charge in [0, 0.05) is 50.3 Å². The number of amides is 2. The van der Waals surface area contributed by atoms with Gasteiger partial charge in [-0.15, -0.1) is 10.2 Å². The molecule has 0 saturated carbocycles. The second-order valence-electron chi connectivity index (χ2n) is 8.58. The molecule has 0 atom stereocenters. The Balaban J connectivity index is 1.52. The van der Waals surface area contributed by atoms with Crippen LogP contribution in [0.2, 0.25) is 0 Å². The van der Waals surface area contributed by atoms with E-state index in [0.717, 1.165) is 43.0 Å². The molecule has 10 heteroatoms. The third-order valence-corrected chi connectivity index (χ3v) is 5.06. The van der Waals surface area contributed by atoms with Crippen LogP contribution >= 0.6 is 0 Å². The maximum absolute atomic E-state index is 12.1. The molecule has 1 aliphatic heterocycles. The molecular weight excluding hydrogens is 382 g/mol. The number of hydrogen-bond acceptors (Lipinski definition) is 7. The molecule has 30 heavy (non-hydrogen) atoms. The number of aryl methyl sites for hydroxylation is 1. The predicted octanol–water partition coefficient (Wildman–Crippen LogP) is 1.89. The first-order chi connectivity index (χ1) is 14.3. The summed E-state index contributed by atoms with van der Waals surface area (Å²) in [4.78, 5) is 23.4. The maximum atomic E-state index is 12.1. The first-order valence-corrected chi connectivity index (χ1v) is 10.1. The van der Waals surface area contributed by atoms with Crippen LogP contribution in [0.1, 0.15) is 33.6 Å². The first-order valence-electron chi connectivity index (χ1n) is 10.1. The minimum Gasteiger partial charge on any atom is -0.353 e. The third-order valence-electron chi connectivity index (χ3n) is 5.06. The molecule has 1 aliphatic rings. The van der Waals surface area contributed by atoms with Crippen molar-refractivity contribution in [3.63, 3.8) is 0 Å². The molecule has 3 aromatic heterocycles. The van der Waals surface area contributed by atoms with Crippen LogP contribution in [0, 0.1) is 0 Å². The van der Waals surface area contributed by atoms with Gasteiger partial charge in [0.2, 0.25) is 0 Å². The highest BCUT2D eigenvalue weighted by atomic mass is 16.2. The molecule has 1 fully saturated rings. The monoisotopic (exact) mass is 409 g/mol. The minimum absolute atomic E-state index is 0.127. The van der Waals surface area contributed by atoms with Gasteiger partial charge in [0.05, 0.1) is 5.69 Å². The lowest BCUT2D eigenvalue weighted by molar-refractivity contribution is 0.225. The topological polar surface area (TPSA) is 114 Å². The molecule has 0 bridgehead atoms. The minimum atomic E-state index is -0.256. The number of carbonyl (C=O) groups is 1. The number of nitrogens with one attached hydrogen (secondary N) is 2. The highest BCUT2D eigenvalue weighted by Gasteiger charge is 2.26. The number of nitrogens with zero attached hydrogens (tertiary/aromatic N) is 7. The van der Waals surface area contributed by atoms with Gasteiger partial charge >= 0.3 is 6.03 Å². The zero-order valence-corrected chi connectivity index (χ0v) is 17.8. The summed E-state index contributed by atoms with van der Waals surface area (Å²) in [5.74, 6) is 0.724. The van der Waals surface area contributed by atoms with Gasteiger partial charge in [-0.25, -0.2) is 9.78 Å². The van der Waals surface area contributed by atoms with Crippen molar-refractivity contribution in [1.82, 2.24) is 40.6 Å². The number of carbonyl (C=O) groups excluding carboxylic acids is 1. The van der Waals surface area contributed by atoms with E-state index < -0.39 is 0 Å². The highest BCUT2D eigenvalue weighted by Crippen LogP contribution is 2.29. The lowest BCUT2D eigenvalue weighted by atomic mass is 10.0. The zero-order chi connectivity index (χ0) is 21.3. The van der Waals surface area contributed by atoms with Crippen molar-refractivity contribution in [2.24, 2.45) is 7.05 Å². The summed E-state index contributed by atoms with van der Waals surface area (Å²) in [6, 6.07) is 1.89. The predicted molar refractivity (Wildman–Crippen MR) is 114 cm³/mol. The van der Waals surface area contributed by atoms with Crippen molar-refractivity contribution in [3.8, 4) is 11.4 Å². The molecule has 0 spiro atoms. The number of anilines is 1. The summed E-state index contributed by atoms with van der Waals surface area (Å²) in [7, 11) is 1.86. The van der Waals surface area contributed by atoms with Crippen molar-refractivity contribution < 1.29 is 4.79 Å². The molecule has 4 heterocycles. The van der Waals surface area contributed by atoms with Gasteiger partial charge in [0.25, 0.3) is 0 Å². The zero-order valence-electron chi connectivity index (χ0n) is 17.8. The molecule has 2 amide bonds. The highest BCUT2D eigenvalue weighted by molar-refractivity contribution is 5.94. The number of hydrogen-bond donors (Lipinski definition) is 2. The molecule has 0 aliphatic carbocycles. The Hall–Kier alpha value is -3.30. The quantitative estimate of drug-likeness (QED) is 0.679. The Bertz CT molecular complexity index is 1050. The van der Waals surface area contributed by atoms with E-state index in [-0.39, 0.29) is 17.6 Å². The number of piperidine rings is 1. The van der Waals surface area contributed by atoms with Crippen LogP contribution in [0.4, 0.5) is 10.6 Å². The third kappa shape index (κ3) is 4.17. The Morgan fingerprint density at radius 3 is 2.40 bits per heavy atom. The molecule has 0 aromatic carbocycles. The summed E-state index contributed by atoms with van der Waals surface area (Å²) in [6.45, 7) is 7.41. The summed E-state index contributed by atoms with van der Waals surface area (Å²) in [5, 5.41) is 19.2. The van der Waals surface area contributed by atoms with E-state index in [1.165, 1.54) is 0 Å². The number of rotatable bonds is 3. The van der Waals surface area contributed by atoms with Gasteiger partial charge in [0.1, 0.15) is 16.7 Å². The SMILES string of the molecule is Cn1nccc1-c1nnc(N2CCC(NC(=O)NC(C)(C)C)CC2)c2nccnc12. The Kier molecular flexibility index (Phi) is 5.23. The smallest absolute Gasteiger partial charge is 0.315 e. The van der Waals surface area contributed by atoms with Crippen molar-refractivity contribution in [1.29, 1.82) is 0 Å². The molecule has 2 N–H and O–H groups in total. The molecule has 1 saturated heterocycles. The number of urea groups is 1. The van der Waals surface area contributed by atoms with E-state index in [9.17, 15) is 4.79 Å². The van der Waals surface area contributed by atoms with Crippen LogP contribution in [0.15, 0.2) is 24.7 Å². The summed E-state index contributed by atoms with van der Waals surface area (Å²) in [6.07, 6.45) is 6.71. The van der Waals surface area contributed by atoms with Crippen LogP contribution < -0.4 is 15.5 Å². The second-order valence-corrected chi connectivity index (χ2v) is 8.58. The Morgan fingerprint density at radius 1 is 1.07 bits per heavy atom. The van der Waals surface area contributed by atoms with Crippen molar-refractivity contribution in [3.05, 3.63) is 24.7 Å². The summed E-state index contributed by atoms with van der Waals surface area (Å²) >= 11 is 0. The van der Waals surface area contributed by atoms with E-state index >= 15 is 0 Å². The molecule has 0 unspecified atom stereocenters.